The van der Waals surface area contributed by atoms with Gasteiger partial charge in [-0.1, -0.05) is 25.1 Å². The van der Waals surface area contributed by atoms with Gasteiger partial charge in [-0.05, 0) is 5.92 Å². The van der Waals surface area contributed by atoms with Crippen molar-refractivity contribution in [3.63, 3.8) is 0 Å². The lowest BCUT2D eigenvalue weighted by atomic mass is 10.0. The molecule has 0 aliphatic carbocycles. The second-order valence-corrected chi connectivity index (χ2v) is 4.28. The SMILES string of the molecule is CCc1noc(C2=CC(C)CNC2)n1.O=C(O)C(=O)O. The molecule has 0 radical (unpaired) electrons. The Labute approximate surface area is 115 Å². The van der Waals surface area contributed by atoms with E-state index < -0.39 is 11.9 Å². The van der Waals surface area contributed by atoms with Crippen molar-refractivity contribution in [1.82, 2.24) is 15.5 Å². The average Bonchev–Trinajstić information content (AvgIpc) is 2.88. The minimum Gasteiger partial charge on any atom is -0.473 e. The third-order valence-electron chi connectivity index (χ3n) is 2.51. The van der Waals surface area contributed by atoms with E-state index in [0.29, 0.717) is 11.8 Å². The van der Waals surface area contributed by atoms with Crippen LogP contribution in [0.2, 0.25) is 0 Å². The largest absolute Gasteiger partial charge is 0.473 e. The van der Waals surface area contributed by atoms with Crippen molar-refractivity contribution in [2.45, 2.75) is 20.3 Å². The summed E-state index contributed by atoms with van der Waals surface area (Å²) in [6, 6.07) is 0. The second kappa shape index (κ2) is 7.39. The van der Waals surface area contributed by atoms with Crippen LogP contribution in [-0.4, -0.2) is 45.4 Å². The van der Waals surface area contributed by atoms with Gasteiger partial charge < -0.3 is 20.1 Å². The Hall–Kier alpha value is -2.22. The minimum absolute atomic E-state index is 0.538. The molecule has 0 aromatic carbocycles. The van der Waals surface area contributed by atoms with Crippen molar-refractivity contribution >= 4 is 17.5 Å². The van der Waals surface area contributed by atoms with Gasteiger partial charge in [-0.2, -0.15) is 4.98 Å². The van der Waals surface area contributed by atoms with Gasteiger partial charge in [-0.25, -0.2) is 9.59 Å². The minimum atomic E-state index is -1.82. The maximum Gasteiger partial charge on any atom is 0.414 e. The Morgan fingerprint density at radius 1 is 1.45 bits per heavy atom. The molecular weight excluding hydrogens is 266 g/mol. The number of aryl methyl sites for hydroxylation is 1. The van der Waals surface area contributed by atoms with Crippen molar-refractivity contribution in [1.29, 1.82) is 0 Å². The highest BCUT2D eigenvalue weighted by Crippen LogP contribution is 2.17. The zero-order valence-electron chi connectivity index (χ0n) is 11.3. The highest BCUT2D eigenvalue weighted by atomic mass is 16.5. The molecule has 0 bridgehead atoms. The van der Waals surface area contributed by atoms with Crippen LogP contribution in [0.15, 0.2) is 10.6 Å². The lowest BCUT2D eigenvalue weighted by Gasteiger charge is -2.16. The standard InChI is InChI=1S/C10H15N3O.C2H2O4/c1-3-9-12-10(14-13-9)8-4-7(2)5-11-6-8;3-1(4)2(5)6/h4,7,11H,3,5-6H2,1-2H3;(H,3,4)(H,5,6). The molecule has 0 amide bonds. The maximum atomic E-state index is 9.10. The van der Waals surface area contributed by atoms with Gasteiger partial charge in [-0.3, -0.25) is 0 Å². The average molecular weight is 283 g/mol. The van der Waals surface area contributed by atoms with Gasteiger partial charge in [0.2, 0.25) is 0 Å². The molecule has 1 unspecified atom stereocenters. The van der Waals surface area contributed by atoms with Crippen LogP contribution in [-0.2, 0) is 16.0 Å². The number of carboxylic acids is 2. The quantitative estimate of drug-likeness (QED) is 0.666. The first kappa shape index (κ1) is 15.8. The molecule has 8 nitrogen and oxygen atoms in total. The van der Waals surface area contributed by atoms with Crippen molar-refractivity contribution in [2.24, 2.45) is 5.92 Å². The molecule has 1 atom stereocenters. The summed E-state index contributed by atoms with van der Waals surface area (Å²) in [5.41, 5.74) is 1.12. The third-order valence-corrected chi connectivity index (χ3v) is 2.51. The maximum absolute atomic E-state index is 9.10. The first-order valence-electron chi connectivity index (χ1n) is 6.14. The molecular formula is C12H17N3O5. The molecule has 110 valence electrons. The monoisotopic (exact) mass is 283 g/mol. The molecule has 0 saturated heterocycles. The van der Waals surface area contributed by atoms with Crippen molar-refractivity contribution in [3.05, 3.63) is 17.8 Å². The molecule has 8 heteroatoms. The molecule has 1 aliphatic rings. The number of aromatic nitrogens is 2. The van der Waals surface area contributed by atoms with E-state index in [1.54, 1.807) is 0 Å². The van der Waals surface area contributed by atoms with Crippen LogP contribution in [0.5, 0.6) is 0 Å². The summed E-state index contributed by atoms with van der Waals surface area (Å²) in [5.74, 6) is -1.67. The van der Waals surface area contributed by atoms with E-state index in [2.05, 4.69) is 28.5 Å². The Morgan fingerprint density at radius 2 is 2.10 bits per heavy atom. The summed E-state index contributed by atoms with van der Waals surface area (Å²) in [6.07, 6.45) is 3.02. The zero-order chi connectivity index (χ0) is 15.1. The van der Waals surface area contributed by atoms with E-state index in [9.17, 15) is 0 Å². The highest BCUT2D eigenvalue weighted by Gasteiger charge is 2.15. The van der Waals surface area contributed by atoms with Crippen molar-refractivity contribution in [2.75, 3.05) is 13.1 Å². The van der Waals surface area contributed by atoms with E-state index >= 15 is 0 Å². The lowest BCUT2D eigenvalue weighted by molar-refractivity contribution is -0.159. The predicted octanol–water partition coefficient (Wildman–Crippen LogP) is 0.410. The van der Waals surface area contributed by atoms with Crippen LogP contribution in [0.4, 0.5) is 0 Å². The summed E-state index contributed by atoms with van der Waals surface area (Å²) in [4.78, 5) is 22.5. The zero-order valence-corrected chi connectivity index (χ0v) is 11.3. The van der Waals surface area contributed by atoms with E-state index in [1.165, 1.54) is 0 Å². The molecule has 1 aromatic heterocycles. The van der Waals surface area contributed by atoms with E-state index in [4.69, 9.17) is 24.3 Å². The van der Waals surface area contributed by atoms with Crippen LogP contribution in [0.1, 0.15) is 25.6 Å². The van der Waals surface area contributed by atoms with Crippen LogP contribution >= 0.6 is 0 Å². The smallest absolute Gasteiger partial charge is 0.414 e. The fraction of sp³-hybridized carbons (Fsp3) is 0.500. The topological polar surface area (TPSA) is 126 Å². The normalized spacial score (nSPS) is 17.7. The molecule has 2 rings (SSSR count). The number of carbonyl (C=O) groups is 2. The molecule has 3 N–H and O–H groups in total. The molecule has 1 aliphatic heterocycles. The number of carboxylic acid groups (broad SMARTS) is 2. The summed E-state index contributed by atoms with van der Waals surface area (Å²) in [7, 11) is 0. The second-order valence-electron chi connectivity index (χ2n) is 4.28. The van der Waals surface area contributed by atoms with Crippen LogP contribution < -0.4 is 5.32 Å². The molecule has 0 saturated carbocycles. The number of nitrogens with one attached hydrogen (secondary N) is 1. The third kappa shape index (κ3) is 4.81. The van der Waals surface area contributed by atoms with E-state index in [1.807, 2.05) is 6.92 Å². The van der Waals surface area contributed by atoms with E-state index in [0.717, 1.165) is 30.9 Å². The van der Waals surface area contributed by atoms with Gasteiger partial charge in [-0.15, -0.1) is 0 Å². The van der Waals surface area contributed by atoms with Crippen molar-refractivity contribution < 1.29 is 24.3 Å². The Morgan fingerprint density at radius 3 is 2.55 bits per heavy atom. The van der Waals surface area contributed by atoms with Crippen LogP contribution in [0, 0.1) is 5.92 Å². The number of aliphatic carboxylic acids is 2. The number of hydrogen-bond acceptors (Lipinski definition) is 6. The van der Waals surface area contributed by atoms with Gasteiger partial charge in [0.05, 0.1) is 0 Å². The Kier molecular flexibility index (Phi) is 5.85. The first-order chi connectivity index (χ1) is 9.43. The summed E-state index contributed by atoms with van der Waals surface area (Å²) in [5, 5.41) is 22.0. The highest BCUT2D eigenvalue weighted by molar-refractivity contribution is 6.27. The molecule has 1 aromatic rings. The first-order valence-corrected chi connectivity index (χ1v) is 6.14. The molecule has 2 heterocycles. The van der Waals surface area contributed by atoms with Gasteiger partial charge >= 0.3 is 11.9 Å². The van der Waals surface area contributed by atoms with Crippen molar-refractivity contribution in [3.8, 4) is 0 Å². The number of hydrogen-bond donors (Lipinski definition) is 3. The Balaban J connectivity index is 0.000000286. The summed E-state index contributed by atoms with van der Waals surface area (Å²) < 4.78 is 5.17. The summed E-state index contributed by atoms with van der Waals surface area (Å²) >= 11 is 0. The molecule has 0 spiro atoms. The fourth-order valence-corrected chi connectivity index (χ4v) is 1.57. The molecule has 20 heavy (non-hydrogen) atoms. The summed E-state index contributed by atoms with van der Waals surface area (Å²) in [6.45, 7) is 6.04. The van der Waals surface area contributed by atoms with Gasteiger partial charge in [0.15, 0.2) is 5.82 Å². The predicted molar refractivity (Wildman–Crippen MR) is 69.0 cm³/mol. The van der Waals surface area contributed by atoms with Gasteiger partial charge in [0.1, 0.15) is 0 Å². The lowest BCUT2D eigenvalue weighted by Crippen LogP contribution is -2.27. The van der Waals surface area contributed by atoms with Crippen LogP contribution in [0.25, 0.3) is 5.57 Å². The Bertz CT molecular complexity index is 497. The molecule has 0 fully saturated rings. The van der Waals surface area contributed by atoms with Gasteiger partial charge in [0.25, 0.3) is 5.89 Å². The van der Waals surface area contributed by atoms with Crippen LogP contribution in [0.3, 0.4) is 0 Å². The number of rotatable bonds is 2. The number of nitrogens with zero attached hydrogens (tertiary/aromatic N) is 2. The van der Waals surface area contributed by atoms with Gasteiger partial charge in [0, 0.05) is 25.1 Å². The fourth-order valence-electron chi connectivity index (χ4n) is 1.57. The van der Waals surface area contributed by atoms with E-state index in [-0.39, 0.29) is 0 Å².